The zero-order valence-corrected chi connectivity index (χ0v) is 12.2. The average Bonchev–Trinajstić information content (AvgIpc) is 2.42. The molecular weight excluding hydrogens is 238 g/mol. The summed E-state index contributed by atoms with van der Waals surface area (Å²) < 4.78 is 5.56. The predicted octanol–water partition coefficient (Wildman–Crippen LogP) is 2.60. The number of hydrogen-bond acceptors (Lipinski definition) is 3. The maximum absolute atomic E-state index is 10.9. The molecule has 1 fully saturated rings. The highest BCUT2D eigenvalue weighted by Crippen LogP contribution is 2.36. The quantitative estimate of drug-likeness (QED) is 0.877. The van der Waals surface area contributed by atoms with E-state index in [4.69, 9.17) is 4.74 Å². The number of rotatable bonds is 4. The highest BCUT2D eigenvalue weighted by molar-refractivity contribution is 5.38. The number of hydrogen-bond donors (Lipinski definition) is 2. The first kappa shape index (κ1) is 14.4. The lowest BCUT2D eigenvalue weighted by Gasteiger charge is -2.36. The minimum atomic E-state index is -0.752. The molecule has 0 saturated carbocycles. The molecule has 1 aliphatic heterocycles. The molecule has 3 nitrogen and oxygen atoms in total. The molecule has 19 heavy (non-hydrogen) atoms. The van der Waals surface area contributed by atoms with Crippen LogP contribution in [-0.4, -0.2) is 24.8 Å². The third-order valence-electron chi connectivity index (χ3n) is 4.19. The van der Waals surface area contributed by atoms with Crippen molar-refractivity contribution in [3.63, 3.8) is 0 Å². The van der Waals surface area contributed by atoms with E-state index in [0.29, 0.717) is 12.5 Å². The van der Waals surface area contributed by atoms with Crippen molar-refractivity contribution in [2.75, 3.05) is 19.7 Å². The number of ether oxygens (including phenoxy) is 1. The van der Waals surface area contributed by atoms with Gasteiger partial charge in [0.2, 0.25) is 0 Å². The van der Waals surface area contributed by atoms with Gasteiger partial charge in [-0.3, -0.25) is 0 Å². The summed E-state index contributed by atoms with van der Waals surface area (Å²) in [6, 6.07) is 6.04. The molecule has 0 aromatic heterocycles. The molecule has 2 rings (SSSR count). The number of aliphatic hydroxyl groups is 1. The first-order chi connectivity index (χ1) is 9.05. The second-order valence-corrected chi connectivity index (χ2v) is 5.59. The van der Waals surface area contributed by atoms with Crippen LogP contribution in [0.15, 0.2) is 18.2 Å². The lowest BCUT2D eigenvalue weighted by molar-refractivity contribution is -0.0187. The summed E-state index contributed by atoms with van der Waals surface area (Å²) in [5.41, 5.74) is 1.34. The summed E-state index contributed by atoms with van der Waals surface area (Å²) >= 11 is 0. The number of nitrogens with one attached hydrogen (secondary N) is 1. The van der Waals surface area contributed by atoms with Crippen LogP contribution < -0.4 is 10.1 Å². The van der Waals surface area contributed by atoms with E-state index < -0.39 is 5.60 Å². The molecule has 1 aromatic rings. The second kappa shape index (κ2) is 5.93. The summed E-state index contributed by atoms with van der Waals surface area (Å²) in [7, 11) is 0. The van der Waals surface area contributed by atoms with Gasteiger partial charge in [-0.05, 0) is 75.9 Å². The smallest absolute Gasteiger partial charge is 0.122 e. The zero-order chi connectivity index (χ0) is 13.9. The fraction of sp³-hybridized carbons (Fsp3) is 0.625. The highest BCUT2D eigenvalue weighted by Gasteiger charge is 2.34. The Balaban J connectivity index is 2.21. The Hall–Kier alpha value is -1.06. The van der Waals surface area contributed by atoms with E-state index in [1.54, 1.807) is 0 Å². The van der Waals surface area contributed by atoms with Gasteiger partial charge in [0.15, 0.2) is 0 Å². The molecule has 0 radical (unpaired) electrons. The molecule has 0 bridgehead atoms. The van der Waals surface area contributed by atoms with Gasteiger partial charge in [0, 0.05) is 0 Å². The molecule has 2 N–H and O–H groups in total. The summed E-state index contributed by atoms with van der Waals surface area (Å²) in [6.07, 6.45) is 2.05. The van der Waals surface area contributed by atoms with E-state index in [-0.39, 0.29) is 0 Å². The first-order valence-electron chi connectivity index (χ1n) is 7.22. The molecule has 0 aliphatic carbocycles. The molecule has 1 aliphatic rings. The summed E-state index contributed by atoms with van der Waals surface area (Å²) in [5, 5.41) is 14.2. The molecule has 0 spiro atoms. The van der Waals surface area contributed by atoms with Crippen LogP contribution in [0, 0.1) is 12.8 Å². The van der Waals surface area contributed by atoms with Gasteiger partial charge in [-0.1, -0.05) is 6.07 Å². The Morgan fingerprint density at radius 3 is 2.63 bits per heavy atom. The standard InChI is InChI=1S/C16H25NO2/c1-4-19-15-6-5-14(11-12(15)2)16(3,18)13-7-9-17-10-8-13/h5-6,11,13,17-18H,4,7-10H2,1-3H3. The van der Waals surface area contributed by atoms with Crippen LogP contribution in [0.25, 0.3) is 0 Å². The molecule has 1 aromatic carbocycles. The van der Waals surface area contributed by atoms with E-state index in [1.165, 1.54) is 0 Å². The van der Waals surface area contributed by atoms with Crippen molar-refractivity contribution in [2.24, 2.45) is 5.92 Å². The maximum atomic E-state index is 10.9. The molecule has 0 amide bonds. The minimum absolute atomic E-state index is 0.325. The Labute approximate surface area is 116 Å². The van der Waals surface area contributed by atoms with Crippen LogP contribution in [0.3, 0.4) is 0 Å². The lowest BCUT2D eigenvalue weighted by Crippen LogP contribution is -2.39. The van der Waals surface area contributed by atoms with E-state index in [9.17, 15) is 5.11 Å². The van der Waals surface area contributed by atoms with Gasteiger partial charge >= 0.3 is 0 Å². The first-order valence-corrected chi connectivity index (χ1v) is 7.22. The monoisotopic (exact) mass is 263 g/mol. The van der Waals surface area contributed by atoms with Crippen molar-refractivity contribution >= 4 is 0 Å². The van der Waals surface area contributed by atoms with Crippen molar-refractivity contribution in [3.05, 3.63) is 29.3 Å². The third-order valence-corrected chi connectivity index (χ3v) is 4.19. The Morgan fingerprint density at radius 2 is 2.05 bits per heavy atom. The van der Waals surface area contributed by atoms with E-state index in [0.717, 1.165) is 42.8 Å². The van der Waals surface area contributed by atoms with Crippen molar-refractivity contribution in [3.8, 4) is 5.75 Å². The largest absolute Gasteiger partial charge is 0.494 e. The van der Waals surface area contributed by atoms with Crippen molar-refractivity contribution in [1.82, 2.24) is 5.32 Å². The van der Waals surface area contributed by atoms with Crippen LogP contribution in [0.4, 0.5) is 0 Å². The molecule has 1 unspecified atom stereocenters. The third kappa shape index (κ3) is 3.10. The van der Waals surface area contributed by atoms with Crippen LogP contribution in [0.5, 0.6) is 5.75 Å². The molecule has 1 atom stereocenters. The molecule has 1 saturated heterocycles. The van der Waals surface area contributed by atoms with Gasteiger partial charge in [0.05, 0.1) is 12.2 Å². The topological polar surface area (TPSA) is 41.5 Å². The molecular formula is C16H25NO2. The Bertz CT molecular complexity index is 423. The van der Waals surface area contributed by atoms with Gasteiger partial charge in [-0.15, -0.1) is 0 Å². The summed E-state index contributed by atoms with van der Waals surface area (Å²) in [4.78, 5) is 0. The van der Waals surface area contributed by atoms with E-state index in [2.05, 4.69) is 11.4 Å². The Kier molecular flexibility index (Phi) is 4.48. The van der Waals surface area contributed by atoms with Gasteiger partial charge in [-0.25, -0.2) is 0 Å². The maximum Gasteiger partial charge on any atom is 0.122 e. The Morgan fingerprint density at radius 1 is 1.37 bits per heavy atom. The SMILES string of the molecule is CCOc1ccc(C(C)(O)C2CCNCC2)cc1C. The predicted molar refractivity (Wildman–Crippen MR) is 77.5 cm³/mol. The molecule has 3 heteroatoms. The molecule has 1 heterocycles. The lowest BCUT2D eigenvalue weighted by atomic mass is 9.77. The van der Waals surface area contributed by atoms with Crippen LogP contribution >= 0.6 is 0 Å². The minimum Gasteiger partial charge on any atom is -0.494 e. The van der Waals surface area contributed by atoms with E-state index in [1.807, 2.05) is 32.9 Å². The van der Waals surface area contributed by atoms with Crippen molar-refractivity contribution < 1.29 is 9.84 Å². The second-order valence-electron chi connectivity index (χ2n) is 5.59. The van der Waals surface area contributed by atoms with Crippen LogP contribution in [0.1, 0.15) is 37.8 Å². The van der Waals surface area contributed by atoms with E-state index >= 15 is 0 Å². The van der Waals surface area contributed by atoms with Crippen molar-refractivity contribution in [2.45, 2.75) is 39.2 Å². The van der Waals surface area contributed by atoms with Crippen LogP contribution in [0.2, 0.25) is 0 Å². The normalized spacial score (nSPS) is 20.0. The van der Waals surface area contributed by atoms with Crippen LogP contribution in [-0.2, 0) is 5.60 Å². The number of piperidine rings is 1. The van der Waals surface area contributed by atoms with Crippen molar-refractivity contribution in [1.29, 1.82) is 0 Å². The number of aryl methyl sites for hydroxylation is 1. The van der Waals surface area contributed by atoms with Gasteiger partial charge in [0.25, 0.3) is 0 Å². The zero-order valence-electron chi connectivity index (χ0n) is 12.2. The number of benzene rings is 1. The van der Waals surface area contributed by atoms with Gasteiger partial charge in [-0.2, -0.15) is 0 Å². The average molecular weight is 263 g/mol. The summed E-state index contributed by atoms with van der Waals surface area (Å²) in [5.74, 6) is 1.23. The highest BCUT2D eigenvalue weighted by atomic mass is 16.5. The van der Waals surface area contributed by atoms with Gasteiger partial charge < -0.3 is 15.2 Å². The fourth-order valence-electron chi connectivity index (χ4n) is 2.90. The molecule has 106 valence electrons. The summed E-state index contributed by atoms with van der Waals surface area (Å²) in [6.45, 7) is 8.63. The fourth-order valence-corrected chi connectivity index (χ4v) is 2.90. The van der Waals surface area contributed by atoms with Gasteiger partial charge in [0.1, 0.15) is 5.75 Å².